The van der Waals surface area contributed by atoms with Crippen LogP contribution in [0.15, 0.2) is 46.9 Å². The monoisotopic (exact) mass is 330 g/mol. The first-order valence-corrected chi connectivity index (χ1v) is 7.30. The van der Waals surface area contributed by atoms with E-state index in [9.17, 15) is 4.79 Å². The van der Waals surface area contributed by atoms with E-state index in [1.165, 1.54) is 5.56 Å². The van der Waals surface area contributed by atoms with E-state index in [4.69, 9.17) is 5.73 Å². The minimum absolute atomic E-state index is 0.151. The van der Waals surface area contributed by atoms with Gasteiger partial charge in [0.2, 0.25) is 5.91 Å². The van der Waals surface area contributed by atoms with Crippen molar-refractivity contribution in [3.63, 3.8) is 0 Å². The van der Waals surface area contributed by atoms with E-state index >= 15 is 0 Å². The molecule has 2 aromatic carbocycles. The lowest BCUT2D eigenvalue weighted by atomic mass is 10.1. The first-order valence-electron chi connectivity index (χ1n) is 6.51. The summed E-state index contributed by atoms with van der Waals surface area (Å²) in [4.78, 5) is 14.2. The van der Waals surface area contributed by atoms with Crippen molar-refractivity contribution in [3.05, 3.63) is 63.6 Å². The molecule has 102 valence electrons. The van der Waals surface area contributed by atoms with Crippen molar-refractivity contribution in [1.29, 1.82) is 0 Å². The molecule has 0 aromatic heterocycles. The van der Waals surface area contributed by atoms with Crippen LogP contribution in [0, 0.1) is 0 Å². The molecular formula is C16H15BrN2O. The van der Waals surface area contributed by atoms with Gasteiger partial charge in [-0.05, 0) is 41.0 Å². The van der Waals surface area contributed by atoms with Crippen LogP contribution < -0.4 is 5.73 Å². The molecule has 1 heterocycles. The zero-order chi connectivity index (χ0) is 14.1. The molecule has 1 aliphatic rings. The number of nitrogens with zero attached hydrogens (tertiary/aromatic N) is 1. The van der Waals surface area contributed by atoms with E-state index in [1.807, 2.05) is 47.4 Å². The molecule has 0 fully saturated rings. The maximum absolute atomic E-state index is 12.4. The van der Waals surface area contributed by atoms with Gasteiger partial charge >= 0.3 is 0 Å². The van der Waals surface area contributed by atoms with Crippen molar-refractivity contribution in [2.75, 3.05) is 5.73 Å². The van der Waals surface area contributed by atoms with Gasteiger partial charge in [-0.25, -0.2) is 0 Å². The van der Waals surface area contributed by atoms with Crippen molar-refractivity contribution in [2.24, 2.45) is 0 Å². The van der Waals surface area contributed by atoms with Gasteiger partial charge in [-0.3, -0.25) is 4.79 Å². The van der Waals surface area contributed by atoms with Crippen molar-refractivity contribution < 1.29 is 4.79 Å². The van der Waals surface area contributed by atoms with E-state index in [0.29, 0.717) is 19.5 Å². The molecule has 3 nitrogen and oxygen atoms in total. The van der Waals surface area contributed by atoms with E-state index < -0.39 is 0 Å². The van der Waals surface area contributed by atoms with Crippen LogP contribution in [0.1, 0.15) is 16.7 Å². The van der Waals surface area contributed by atoms with Crippen LogP contribution >= 0.6 is 15.9 Å². The zero-order valence-corrected chi connectivity index (χ0v) is 12.6. The maximum atomic E-state index is 12.4. The highest BCUT2D eigenvalue weighted by atomic mass is 79.9. The lowest BCUT2D eigenvalue weighted by molar-refractivity contribution is -0.131. The van der Waals surface area contributed by atoms with Gasteiger partial charge < -0.3 is 10.6 Å². The van der Waals surface area contributed by atoms with E-state index in [1.54, 1.807) is 0 Å². The molecule has 0 spiro atoms. The summed E-state index contributed by atoms with van der Waals surface area (Å²) in [7, 11) is 0. The number of amides is 1. The van der Waals surface area contributed by atoms with E-state index in [2.05, 4.69) is 15.9 Å². The molecule has 0 aliphatic carbocycles. The number of fused-ring (bicyclic) bond motifs is 1. The highest BCUT2D eigenvalue weighted by molar-refractivity contribution is 9.10. The van der Waals surface area contributed by atoms with Crippen LogP contribution in [0.2, 0.25) is 0 Å². The van der Waals surface area contributed by atoms with Gasteiger partial charge in [0.25, 0.3) is 0 Å². The Labute approximate surface area is 126 Å². The number of hydrogen-bond donors (Lipinski definition) is 1. The summed E-state index contributed by atoms with van der Waals surface area (Å²) in [6, 6.07) is 13.7. The fourth-order valence-electron chi connectivity index (χ4n) is 2.52. The second-order valence-corrected chi connectivity index (χ2v) is 6.00. The first-order chi connectivity index (χ1) is 9.61. The third kappa shape index (κ3) is 2.70. The Bertz CT molecular complexity index is 669. The SMILES string of the molecule is Nc1ccc2c(c1)CN(C(=O)Cc1cccc(Br)c1)C2. The minimum Gasteiger partial charge on any atom is -0.399 e. The van der Waals surface area contributed by atoms with Crippen molar-refractivity contribution in [1.82, 2.24) is 4.90 Å². The molecule has 0 bridgehead atoms. The number of carbonyl (C=O) groups excluding carboxylic acids is 1. The van der Waals surface area contributed by atoms with Crippen LogP contribution in [0.5, 0.6) is 0 Å². The number of nitrogen functional groups attached to an aromatic ring is 1. The second-order valence-electron chi connectivity index (χ2n) is 5.08. The van der Waals surface area contributed by atoms with Crippen molar-refractivity contribution in [3.8, 4) is 0 Å². The maximum Gasteiger partial charge on any atom is 0.227 e. The Kier molecular flexibility index (Phi) is 3.49. The van der Waals surface area contributed by atoms with Crippen LogP contribution in [0.4, 0.5) is 5.69 Å². The van der Waals surface area contributed by atoms with Gasteiger partial charge in [-0.15, -0.1) is 0 Å². The molecular weight excluding hydrogens is 316 g/mol. The fourth-order valence-corrected chi connectivity index (χ4v) is 2.97. The molecule has 0 unspecified atom stereocenters. The summed E-state index contributed by atoms with van der Waals surface area (Å²) in [6.07, 6.45) is 0.433. The van der Waals surface area contributed by atoms with E-state index in [-0.39, 0.29) is 5.91 Å². The van der Waals surface area contributed by atoms with Gasteiger partial charge in [0.1, 0.15) is 0 Å². The Balaban J connectivity index is 1.71. The Morgan fingerprint density at radius 3 is 2.75 bits per heavy atom. The van der Waals surface area contributed by atoms with Gasteiger partial charge in [0.15, 0.2) is 0 Å². The molecule has 0 radical (unpaired) electrons. The summed E-state index contributed by atoms with van der Waals surface area (Å²) in [5.41, 5.74) is 9.92. The largest absolute Gasteiger partial charge is 0.399 e. The summed E-state index contributed by atoms with van der Waals surface area (Å²) >= 11 is 3.43. The van der Waals surface area contributed by atoms with Crippen LogP contribution in [-0.2, 0) is 24.3 Å². The third-order valence-electron chi connectivity index (χ3n) is 3.55. The summed E-state index contributed by atoms with van der Waals surface area (Å²) < 4.78 is 1.00. The molecule has 1 amide bonds. The van der Waals surface area contributed by atoms with Gasteiger partial charge in [0, 0.05) is 23.2 Å². The van der Waals surface area contributed by atoms with E-state index in [0.717, 1.165) is 21.3 Å². The third-order valence-corrected chi connectivity index (χ3v) is 4.04. The normalized spacial score (nSPS) is 13.3. The minimum atomic E-state index is 0.151. The Morgan fingerprint density at radius 2 is 1.95 bits per heavy atom. The molecule has 0 saturated carbocycles. The number of benzene rings is 2. The fraction of sp³-hybridized carbons (Fsp3) is 0.188. The average molecular weight is 331 g/mol. The second kappa shape index (κ2) is 5.29. The lowest BCUT2D eigenvalue weighted by Gasteiger charge is -2.15. The number of rotatable bonds is 2. The lowest BCUT2D eigenvalue weighted by Crippen LogP contribution is -2.26. The highest BCUT2D eigenvalue weighted by Gasteiger charge is 2.23. The molecule has 0 atom stereocenters. The predicted molar refractivity (Wildman–Crippen MR) is 83.0 cm³/mol. The van der Waals surface area contributed by atoms with Crippen molar-refractivity contribution in [2.45, 2.75) is 19.5 Å². The van der Waals surface area contributed by atoms with Gasteiger partial charge in [-0.2, -0.15) is 0 Å². The van der Waals surface area contributed by atoms with Crippen LogP contribution in [0.3, 0.4) is 0 Å². The van der Waals surface area contributed by atoms with Gasteiger partial charge in [0.05, 0.1) is 6.42 Å². The molecule has 4 heteroatoms. The molecule has 0 saturated heterocycles. The Morgan fingerprint density at radius 1 is 1.15 bits per heavy atom. The number of hydrogen-bond acceptors (Lipinski definition) is 2. The molecule has 2 aromatic rings. The molecule has 20 heavy (non-hydrogen) atoms. The first kappa shape index (κ1) is 13.2. The number of nitrogens with two attached hydrogens (primary N) is 1. The topological polar surface area (TPSA) is 46.3 Å². The number of anilines is 1. The molecule has 3 rings (SSSR count). The highest BCUT2D eigenvalue weighted by Crippen LogP contribution is 2.25. The summed E-state index contributed by atoms with van der Waals surface area (Å²) in [5, 5.41) is 0. The number of carbonyl (C=O) groups is 1. The predicted octanol–water partition coefficient (Wildman–Crippen LogP) is 3.12. The molecule has 2 N–H and O–H groups in total. The van der Waals surface area contributed by atoms with Crippen molar-refractivity contribution >= 4 is 27.5 Å². The van der Waals surface area contributed by atoms with Crippen LogP contribution in [0.25, 0.3) is 0 Å². The molecule has 1 aliphatic heterocycles. The van der Waals surface area contributed by atoms with Gasteiger partial charge in [-0.1, -0.05) is 34.1 Å². The summed E-state index contributed by atoms with van der Waals surface area (Å²) in [5.74, 6) is 0.151. The smallest absolute Gasteiger partial charge is 0.227 e. The summed E-state index contributed by atoms with van der Waals surface area (Å²) in [6.45, 7) is 1.34. The van der Waals surface area contributed by atoms with Crippen LogP contribution in [-0.4, -0.2) is 10.8 Å². The number of halogens is 1. The Hall–Kier alpha value is -1.81. The average Bonchev–Trinajstić information content (AvgIpc) is 2.81. The quantitative estimate of drug-likeness (QED) is 0.860. The standard InChI is InChI=1S/C16H15BrN2O/c17-14-3-1-2-11(6-14)7-16(20)19-9-12-4-5-15(18)8-13(12)10-19/h1-6,8H,7,9-10,18H2. The zero-order valence-electron chi connectivity index (χ0n) is 11.0.